The van der Waals surface area contributed by atoms with Crippen molar-refractivity contribution >= 4 is 5.91 Å². The van der Waals surface area contributed by atoms with E-state index >= 15 is 0 Å². The third kappa shape index (κ3) is 3.64. The van der Waals surface area contributed by atoms with E-state index in [0.717, 1.165) is 38.9 Å². The largest absolute Gasteiger partial charge is 0.472 e. The normalized spacial score (nSPS) is 24.0. The topological polar surface area (TPSA) is 92.5 Å². The monoisotopic (exact) mass is 323 g/mol. The standard InChI is InChI=1S/C15H25N5O3/c1-11-14(19-23-18-11)22-8-7-17-13(21)12-9-15(10-20(12)2)3-5-16-6-4-15/h12,16H,3-10H2,1-2H3,(H,17,21)/t12-/m0/s1. The van der Waals surface area contributed by atoms with Gasteiger partial charge in [0.25, 0.3) is 5.88 Å². The van der Waals surface area contributed by atoms with Gasteiger partial charge in [-0.2, -0.15) is 0 Å². The number of carbonyl (C=O) groups excluding carboxylic acids is 1. The first-order valence-electron chi connectivity index (χ1n) is 8.20. The zero-order valence-electron chi connectivity index (χ0n) is 13.8. The summed E-state index contributed by atoms with van der Waals surface area (Å²) in [7, 11) is 2.04. The Bertz CT molecular complexity index is 541. The van der Waals surface area contributed by atoms with Crippen molar-refractivity contribution in [2.24, 2.45) is 5.41 Å². The van der Waals surface area contributed by atoms with E-state index in [1.807, 2.05) is 7.05 Å². The summed E-state index contributed by atoms with van der Waals surface area (Å²) in [4.78, 5) is 14.6. The molecule has 0 unspecified atom stereocenters. The van der Waals surface area contributed by atoms with Gasteiger partial charge in [0.1, 0.15) is 12.3 Å². The lowest BCUT2D eigenvalue weighted by atomic mass is 9.77. The Labute approximate surface area is 135 Å². The van der Waals surface area contributed by atoms with Crippen LogP contribution in [0, 0.1) is 12.3 Å². The number of hydrogen-bond acceptors (Lipinski definition) is 7. The van der Waals surface area contributed by atoms with E-state index in [-0.39, 0.29) is 11.9 Å². The minimum atomic E-state index is -0.0384. The number of likely N-dealkylation sites (tertiary alicyclic amines) is 1. The Hall–Kier alpha value is -1.67. The van der Waals surface area contributed by atoms with Crippen LogP contribution in [0.3, 0.4) is 0 Å². The number of ether oxygens (including phenoxy) is 1. The van der Waals surface area contributed by atoms with Crippen LogP contribution in [0.4, 0.5) is 0 Å². The lowest BCUT2D eigenvalue weighted by Gasteiger charge is -2.33. The summed E-state index contributed by atoms with van der Waals surface area (Å²) in [5, 5.41) is 13.6. The number of hydrogen-bond donors (Lipinski definition) is 2. The number of rotatable bonds is 5. The van der Waals surface area contributed by atoms with Crippen LogP contribution in [0.25, 0.3) is 0 Å². The molecule has 2 saturated heterocycles. The van der Waals surface area contributed by atoms with Crippen LogP contribution in [0.5, 0.6) is 5.88 Å². The molecule has 1 amide bonds. The van der Waals surface area contributed by atoms with Crippen molar-refractivity contribution in [2.45, 2.75) is 32.2 Å². The van der Waals surface area contributed by atoms with Crippen LogP contribution in [-0.4, -0.2) is 67.0 Å². The van der Waals surface area contributed by atoms with E-state index in [1.165, 1.54) is 0 Å². The lowest BCUT2D eigenvalue weighted by molar-refractivity contribution is -0.125. The smallest absolute Gasteiger partial charge is 0.278 e. The van der Waals surface area contributed by atoms with E-state index in [9.17, 15) is 4.79 Å². The van der Waals surface area contributed by atoms with Crippen LogP contribution in [0.15, 0.2) is 4.63 Å². The maximum absolute atomic E-state index is 12.4. The molecule has 3 rings (SSSR count). The van der Waals surface area contributed by atoms with Gasteiger partial charge in [-0.25, -0.2) is 4.63 Å². The number of amides is 1. The quantitative estimate of drug-likeness (QED) is 0.734. The van der Waals surface area contributed by atoms with E-state index < -0.39 is 0 Å². The number of aryl methyl sites for hydroxylation is 1. The van der Waals surface area contributed by atoms with Gasteiger partial charge in [-0.05, 0) is 56.9 Å². The highest BCUT2D eigenvalue weighted by molar-refractivity contribution is 5.82. The summed E-state index contributed by atoms with van der Waals surface area (Å²) in [5.74, 6) is 0.465. The predicted octanol–water partition coefficient (Wildman–Crippen LogP) is -0.0531. The zero-order valence-corrected chi connectivity index (χ0v) is 13.8. The molecule has 1 aromatic heterocycles. The SMILES string of the molecule is Cc1nonc1OCCNC(=O)[C@@H]1CC2(CCNCC2)CN1C. The van der Waals surface area contributed by atoms with Gasteiger partial charge in [-0.1, -0.05) is 5.16 Å². The van der Waals surface area contributed by atoms with E-state index in [2.05, 4.69) is 30.5 Å². The molecule has 2 aliphatic rings. The number of carbonyl (C=O) groups is 1. The molecule has 8 nitrogen and oxygen atoms in total. The van der Waals surface area contributed by atoms with Gasteiger partial charge in [0.05, 0.1) is 12.6 Å². The fraction of sp³-hybridized carbons (Fsp3) is 0.800. The summed E-state index contributed by atoms with van der Waals surface area (Å²) < 4.78 is 9.98. The summed E-state index contributed by atoms with van der Waals surface area (Å²) in [6.45, 7) is 5.68. The first-order chi connectivity index (χ1) is 11.1. The molecular weight excluding hydrogens is 298 g/mol. The maximum Gasteiger partial charge on any atom is 0.278 e. The number of nitrogens with one attached hydrogen (secondary N) is 2. The molecule has 1 atom stereocenters. The predicted molar refractivity (Wildman–Crippen MR) is 83.1 cm³/mol. The van der Waals surface area contributed by atoms with E-state index in [0.29, 0.717) is 30.1 Å². The first-order valence-corrected chi connectivity index (χ1v) is 8.20. The fourth-order valence-corrected chi connectivity index (χ4v) is 3.68. The van der Waals surface area contributed by atoms with Crippen molar-refractivity contribution < 1.29 is 14.2 Å². The molecule has 0 bridgehead atoms. The highest BCUT2D eigenvalue weighted by atomic mass is 16.6. The minimum Gasteiger partial charge on any atom is -0.472 e. The molecule has 8 heteroatoms. The Kier molecular flexibility index (Phi) is 4.82. The van der Waals surface area contributed by atoms with Crippen LogP contribution in [0.2, 0.25) is 0 Å². The molecule has 3 heterocycles. The molecule has 0 radical (unpaired) electrons. The fourth-order valence-electron chi connectivity index (χ4n) is 3.68. The van der Waals surface area contributed by atoms with Gasteiger partial charge in [0.2, 0.25) is 5.91 Å². The molecule has 2 N–H and O–H groups in total. The molecule has 1 aromatic rings. The Morgan fingerprint density at radius 3 is 2.96 bits per heavy atom. The van der Waals surface area contributed by atoms with Crippen molar-refractivity contribution in [3.05, 3.63) is 5.69 Å². The summed E-state index contributed by atoms with van der Waals surface area (Å²) in [6, 6.07) is -0.0384. The molecule has 2 fully saturated rings. The van der Waals surface area contributed by atoms with Crippen LogP contribution in [-0.2, 0) is 4.79 Å². The van der Waals surface area contributed by atoms with Crippen molar-refractivity contribution in [3.8, 4) is 5.88 Å². The second-order valence-corrected chi connectivity index (χ2v) is 6.68. The number of piperidine rings is 1. The Balaban J connectivity index is 1.44. The number of nitrogens with zero attached hydrogens (tertiary/aromatic N) is 3. The number of aromatic nitrogens is 2. The van der Waals surface area contributed by atoms with E-state index in [1.54, 1.807) is 6.92 Å². The van der Waals surface area contributed by atoms with Crippen LogP contribution in [0.1, 0.15) is 25.0 Å². The highest BCUT2D eigenvalue weighted by Gasteiger charge is 2.45. The minimum absolute atomic E-state index is 0.0384. The Morgan fingerprint density at radius 2 is 2.26 bits per heavy atom. The van der Waals surface area contributed by atoms with Gasteiger partial charge in [-0.15, -0.1) is 0 Å². The molecule has 0 aliphatic carbocycles. The first kappa shape index (κ1) is 16.2. The van der Waals surface area contributed by atoms with Crippen LogP contribution >= 0.6 is 0 Å². The average molecular weight is 323 g/mol. The second-order valence-electron chi connectivity index (χ2n) is 6.68. The maximum atomic E-state index is 12.4. The van der Waals surface area contributed by atoms with Gasteiger partial charge in [0, 0.05) is 6.54 Å². The summed E-state index contributed by atoms with van der Waals surface area (Å²) in [6.07, 6.45) is 3.26. The molecule has 128 valence electrons. The molecule has 2 aliphatic heterocycles. The molecule has 23 heavy (non-hydrogen) atoms. The van der Waals surface area contributed by atoms with Gasteiger partial charge in [0.15, 0.2) is 0 Å². The molecule has 1 spiro atoms. The second kappa shape index (κ2) is 6.84. The summed E-state index contributed by atoms with van der Waals surface area (Å²) in [5.41, 5.74) is 0.918. The molecule has 0 saturated carbocycles. The average Bonchev–Trinajstić information content (AvgIpc) is 3.08. The third-order valence-corrected chi connectivity index (χ3v) is 4.96. The number of likely N-dealkylation sites (N-methyl/N-ethyl adjacent to an activating group) is 1. The van der Waals surface area contributed by atoms with Gasteiger partial charge in [-0.3, -0.25) is 9.69 Å². The summed E-state index contributed by atoms with van der Waals surface area (Å²) >= 11 is 0. The van der Waals surface area contributed by atoms with Crippen molar-refractivity contribution in [3.63, 3.8) is 0 Å². The van der Waals surface area contributed by atoms with Gasteiger partial charge >= 0.3 is 0 Å². The Morgan fingerprint density at radius 1 is 1.48 bits per heavy atom. The van der Waals surface area contributed by atoms with Crippen molar-refractivity contribution in [2.75, 3.05) is 39.8 Å². The van der Waals surface area contributed by atoms with Crippen molar-refractivity contribution in [1.82, 2.24) is 25.8 Å². The molecule has 0 aromatic carbocycles. The van der Waals surface area contributed by atoms with Crippen LogP contribution < -0.4 is 15.4 Å². The molecular formula is C15H25N5O3. The van der Waals surface area contributed by atoms with Gasteiger partial charge < -0.3 is 15.4 Å². The highest BCUT2D eigenvalue weighted by Crippen LogP contribution is 2.41. The van der Waals surface area contributed by atoms with Crippen molar-refractivity contribution in [1.29, 1.82) is 0 Å². The van der Waals surface area contributed by atoms with E-state index in [4.69, 9.17) is 4.74 Å². The third-order valence-electron chi connectivity index (χ3n) is 4.96. The lowest BCUT2D eigenvalue weighted by Crippen LogP contribution is -2.42. The zero-order chi connectivity index (χ0) is 16.3.